The van der Waals surface area contributed by atoms with Crippen molar-refractivity contribution in [2.45, 2.75) is 38.3 Å². The molecule has 0 aliphatic carbocycles. The third-order valence-corrected chi connectivity index (χ3v) is 5.90. The molecule has 0 bridgehead atoms. The zero-order chi connectivity index (χ0) is 20.1. The van der Waals surface area contributed by atoms with Crippen LogP contribution < -0.4 is 5.32 Å². The molecule has 0 saturated carbocycles. The number of nitrogens with zero attached hydrogens (tertiary/aromatic N) is 3. The van der Waals surface area contributed by atoms with Crippen molar-refractivity contribution in [3.05, 3.63) is 34.6 Å². The quantitative estimate of drug-likeness (QED) is 0.695. The normalized spacial score (nSPS) is 16.3. The van der Waals surface area contributed by atoms with Crippen LogP contribution in [0, 0.1) is 11.7 Å². The molecule has 0 radical (unpaired) electrons. The van der Waals surface area contributed by atoms with Crippen LogP contribution in [-0.2, 0) is 16.1 Å². The third kappa shape index (κ3) is 4.68. The van der Waals surface area contributed by atoms with Crippen LogP contribution in [0.25, 0.3) is 11.4 Å². The number of ether oxygens (including phenoxy) is 1. The number of aryl methyl sites for hydroxylation is 1. The highest BCUT2D eigenvalue weighted by atomic mass is 32.1. The molecule has 28 heavy (non-hydrogen) atoms. The van der Waals surface area contributed by atoms with Crippen molar-refractivity contribution < 1.29 is 9.53 Å². The van der Waals surface area contributed by atoms with Gasteiger partial charge in [-0.05, 0) is 52.1 Å². The lowest BCUT2D eigenvalue weighted by atomic mass is 9.88. The fraction of sp³-hybridized carbons (Fsp3) is 0.550. The predicted molar refractivity (Wildman–Crippen MR) is 112 cm³/mol. The monoisotopic (exact) mass is 403 g/mol. The molecule has 3 rings (SSSR count). The Morgan fingerprint density at radius 1 is 1.39 bits per heavy atom. The molecule has 1 aliphatic rings. The Morgan fingerprint density at radius 3 is 2.82 bits per heavy atom. The van der Waals surface area contributed by atoms with Gasteiger partial charge < -0.3 is 15.0 Å². The number of carbonyl (C=O) groups is 1. The number of carbonyl (C=O) groups excluding carboxylic acids is 1. The van der Waals surface area contributed by atoms with Gasteiger partial charge >= 0.3 is 0 Å². The molecule has 8 heteroatoms. The van der Waals surface area contributed by atoms with E-state index in [0.29, 0.717) is 24.3 Å². The molecule has 1 saturated heterocycles. The van der Waals surface area contributed by atoms with E-state index in [1.165, 1.54) is 0 Å². The average molecular weight is 404 g/mol. The van der Waals surface area contributed by atoms with Gasteiger partial charge in [0.25, 0.3) is 0 Å². The summed E-state index contributed by atoms with van der Waals surface area (Å²) in [4.78, 5) is 14.7. The second-order valence-corrected chi connectivity index (χ2v) is 8.02. The van der Waals surface area contributed by atoms with Gasteiger partial charge in [0, 0.05) is 43.8 Å². The standard InChI is InChI=1S/C20H29N5O2S/c1-15-5-4-6-16(13-15)18-22-23-19(28)25(18)10-7-17(26)21-14-20(24(2)3)8-11-27-12-9-20/h4-6,13H,7-12,14H2,1-3H3,(H,21,26)(H,23,28). The van der Waals surface area contributed by atoms with Crippen molar-refractivity contribution in [3.63, 3.8) is 0 Å². The van der Waals surface area contributed by atoms with Crippen LogP contribution in [0.15, 0.2) is 24.3 Å². The summed E-state index contributed by atoms with van der Waals surface area (Å²) in [5.41, 5.74) is 2.11. The fourth-order valence-electron chi connectivity index (χ4n) is 3.63. The van der Waals surface area contributed by atoms with E-state index >= 15 is 0 Å². The molecule has 0 atom stereocenters. The summed E-state index contributed by atoms with van der Waals surface area (Å²) in [7, 11) is 4.13. The van der Waals surface area contributed by atoms with Crippen LogP contribution in [0.4, 0.5) is 0 Å². The van der Waals surface area contributed by atoms with Crippen LogP contribution in [0.5, 0.6) is 0 Å². The molecule has 1 fully saturated rings. The lowest BCUT2D eigenvalue weighted by Crippen LogP contribution is -2.55. The summed E-state index contributed by atoms with van der Waals surface area (Å²) in [5, 5.41) is 10.3. The summed E-state index contributed by atoms with van der Waals surface area (Å²) in [6.45, 7) is 4.63. The molecule has 1 aromatic carbocycles. The van der Waals surface area contributed by atoms with Gasteiger partial charge in [0.2, 0.25) is 5.91 Å². The Kier molecular flexibility index (Phi) is 6.64. The average Bonchev–Trinajstić information content (AvgIpc) is 3.06. The van der Waals surface area contributed by atoms with Crippen LogP contribution in [0.2, 0.25) is 0 Å². The largest absolute Gasteiger partial charge is 0.381 e. The highest BCUT2D eigenvalue weighted by Crippen LogP contribution is 2.25. The van der Waals surface area contributed by atoms with E-state index < -0.39 is 0 Å². The van der Waals surface area contributed by atoms with Crippen LogP contribution in [0.1, 0.15) is 24.8 Å². The topological polar surface area (TPSA) is 75.2 Å². The summed E-state index contributed by atoms with van der Waals surface area (Å²) in [6, 6.07) is 8.10. The van der Waals surface area contributed by atoms with Crippen LogP contribution in [0.3, 0.4) is 0 Å². The minimum Gasteiger partial charge on any atom is -0.381 e. The summed E-state index contributed by atoms with van der Waals surface area (Å²) in [6.07, 6.45) is 2.20. The summed E-state index contributed by atoms with van der Waals surface area (Å²) >= 11 is 5.37. The lowest BCUT2D eigenvalue weighted by molar-refractivity contribution is -0.122. The predicted octanol–water partition coefficient (Wildman–Crippen LogP) is 2.53. The van der Waals surface area contributed by atoms with Crippen LogP contribution >= 0.6 is 12.2 Å². The SMILES string of the molecule is Cc1cccc(-c2n[nH]c(=S)n2CCC(=O)NCC2(N(C)C)CCOCC2)c1. The maximum absolute atomic E-state index is 12.5. The number of rotatable bonds is 7. The molecule has 7 nitrogen and oxygen atoms in total. The van der Waals surface area contributed by atoms with E-state index in [1.807, 2.05) is 29.7 Å². The number of hydrogen-bond donors (Lipinski definition) is 2. The molecule has 152 valence electrons. The zero-order valence-corrected chi connectivity index (χ0v) is 17.6. The Balaban J connectivity index is 1.62. The smallest absolute Gasteiger partial charge is 0.221 e. The fourth-order valence-corrected chi connectivity index (χ4v) is 3.85. The molecular formula is C20H29N5O2S. The summed E-state index contributed by atoms with van der Waals surface area (Å²) in [5.74, 6) is 0.779. The first-order valence-corrected chi connectivity index (χ1v) is 10.1. The van der Waals surface area contributed by atoms with Gasteiger partial charge in [-0.2, -0.15) is 5.10 Å². The number of aromatic nitrogens is 3. The molecule has 2 aromatic rings. The summed E-state index contributed by atoms with van der Waals surface area (Å²) < 4.78 is 7.91. The first-order valence-electron chi connectivity index (χ1n) is 9.65. The number of benzene rings is 1. The maximum Gasteiger partial charge on any atom is 0.221 e. The van der Waals surface area contributed by atoms with Crippen molar-refractivity contribution in [2.75, 3.05) is 33.9 Å². The second-order valence-electron chi connectivity index (χ2n) is 7.63. The minimum absolute atomic E-state index is 0.0195. The van der Waals surface area contributed by atoms with Crippen molar-refractivity contribution in [2.24, 2.45) is 0 Å². The van der Waals surface area contributed by atoms with Gasteiger partial charge in [-0.25, -0.2) is 0 Å². The van der Waals surface area contributed by atoms with Gasteiger partial charge in [0.05, 0.1) is 0 Å². The van der Waals surface area contributed by atoms with Gasteiger partial charge in [0.1, 0.15) is 0 Å². The van der Waals surface area contributed by atoms with E-state index in [4.69, 9.17) is 17.0 Å². The molecule has 2 heterocycles. The van der Waals surface area contributed by atoms with E-state index in [-0.39, 0.29) is 11.4 Å². The molecule has 1 amide bonds. The number of H-pyrrole nitrogens is 1. The van der Waals surface area contributed by atoms with Crippen LogP contribution in [-0.4, -0.2) is 65.0 Å². The van der Waals surface area contributed by atoms with E-state index in [1.54, 1.807) is 0 Å². The van der Waals surface area contributed by atoms with Gasteiger partial charge in [-0.3, -0.25) is 14.5 Å². The highest BCUT2D eigenvalue weighted by molar-refractivity contribution is 7.71. The molecule has 1 aliphatic heterocycles. The number of amides is 1. The molecule has 1 aromatic heterocycles. The van der Waals surface area contributed by atoms with E-state index in [9.17, 15) is 4.79 Å². The minimum atomic E-state index is -0.0351. The number of aromatic amines is 1. The highest BCUT2D eigenvalue weighted by Gasteiger charge is 2.35. The van der Waals surface area contributed by atoms with Gasteiger partial charge in [0.15, 0.2) is 10.6 Å². The Morgan fingerprint density at radius 2 is 2.14 bits per heavy atom. The Hall–Kier alpha value is -2.03. The second kappa shape index (κ2) is 8.98. The Labute approximate surface area is 171 Å². The lowest BCUT2D eigenvalue weighted by Gasteiger charge is -2.42. The molecule has 2 N–H and O–H groups in total. The van der Waals surface area contributed by atoms with Gasteiger partial charge in [-0.15, -0.1) is 0 Å². The Bertz CT molecular complexity index is 867. The van der Waals surface area contributed by atoms with Gasteiger partial charge in [-0.1, -0.05) is 23.8 Å². The van der Waals surface area contributed by atoms with Crippen molar-refractivity contribution in [1.29, 1.82) is 0 Å². The maximum atomic E-state index is 12.5. The molecular weight excluding hydrogens is 374 g/mol. The van der Waals surface area contributed by atoms with Crippen molar-refractivity contribution in [3.8, 4) is 11.4 Å². The van der Waals surface area contributed by atoms with E-state index in [2.05, 4.69) is 40.6 Å². The zero-order valence-electron chi connectivity index (χ0n) is 16.8. The first-order chi connectivity index (χ1) is 13.4. The van der Waals surface area contributed by atoms with E-state index in [0.717, 1.165) is 43.0 Å². The molecule has 0 spiro atoms. The third-order valence-electron chi connectivity index (χ3n) is 5.58. The number of nitrogens with one attached hydrogen (secondary N) is 2. The molecule has 0 unspecified atom stereocenters. The van der Waals surface area contributed by atoms with Crippen molar-refractivity contribution >= 4 is 18.1 Å². The van der Waals surface area contributed by atoms with Crippen molar-refractivity contribution in [1.82, 2.24) is 25.0 Å². The first kappa shape index (κ1) is 20.7. The number of likely N-dealkylation sites (N-methyl/N-ethyl adjacent to an activating group) is 1. The number of hydrogen-bond acceptors (Lipinski definition) is 5.